The van der Waals surface area contributed by atoms with E-state index in [0.717, 1.165) is 24.1 Å². The van der Waals surface area contributed by atoms with E-state index in [0.29, 0.717) is 6.54 Å². The maximum atomic E-state index is 9.54. The molecule has 1 rings (SSSR count). The lowest BCUT2D eigenvalue weighted by Gasteiger charge is -2.13. The number of phenols is 1. The van der Waals surface area contributed by atoms with Crippen molar-refractivity contribution < 1.29 is 10.2 Å². The Morgan fingerprint density at radius 2 is 2.13 bits per heavy atom. The Bertz CT molecular complexity index is 312. The molecule has 1 atom stereocenters. The van der Waals surface area contributed by atoms with Gasteiger partial charge in [-0.1, -0.05) is 13.3 Å². The van der Waals surface area contributed by atoms with E-state index in [4.69, 9.17) is 0 Å². The van der Waals surface area contributed by atoms with Gasteiger partial charge in [-0.05, 0) is 37.1 Å². The van der Waals surface area contributed by atoms with Crippen molar-refractivity contribution in [1.82, 2.24) is 0 Å². The van der Waals surface area contributed by atoms with Gasteiger partial charge in [0.1, 0.15) is 5.75 Å². The molecule has 15 heavy (non-hydrogen) atoms. The molecule has 0 aromatic heterocycles. The summed E-state index contributed by atoms with van der Waals surface area (Å²) in [7, 11) is 0. The fourth-order valence-corrected chi connectivity index (χ4v) is 1.51. The second-order valence-corrected chi connectivity index (χ2v) is 3.82. The molecule has 84 valence electrons. The van der Waals surface area contributed by atoms with Crippen molar-refractivity contribution in [2.75, 3.05) is 11.9 Å². The van der Waals surface area contributed by atoms with Gasteiger partial charge in [-0.25, -0.2) is 0 Å². The van der Waals surface area contributed by atoms with Crippen molar-refractivity contribution in [3.05, 3.63) is 23.8 Å². The maximum absolute atomic E-state index is 9.54. The number of aliphatic hydroxyl groups is 1. The molecule has 3 N–H and O–H groups in total. The maximum Gasteiger partial charge on any atom is 0.115 e. The molecule has 0 aliphatic rings. The average molecular weight is 209 g/mol. The largest absolute Gasteiger partial charge is 0.508 e. The monoisotopic (exact) mass is 209 g/mol. The second-order valence-electron chi connectivity index (χ2n) is 3.82. The highest BCUT2D eigenvalue weighted by Crippen LogP contribution is 2.20. The van der Waals surface area contributed by atoms with Crippen LogP contribution >= 0.6 is 0 Å². The van der Waals surface area contributed by atoms with Crippen LogP contribution in [0.2, 0.25) is 0 Å². The van der Waals surface area contributed by atoms with Crippen LogP contribution < -0.4 is 5.32 Å². The summed E-state index contributed by atoms with van der Waals surface area (Å²) in [5.74, 6) is 0.271. The minimum atomic E-state index is -0.303. The lowest BCUT2D eigenvalue weighted by atomic mass is 10.1. The molecule has 0 aliphatic heterocycles. The zero-order valence-electron chi connectivity index (χ0n) is 9.33. The molecule has 1 aromatic rings. The molecule has 0 aliphatic carbocycles. The molecule has 0 heterocycles. The normalized spacial score (nSPS) is 12.5. The summed E-state index contributed by atoms with van der Waals surface area (Å²) in [6.45, 7) is 4.53. The summed E-state index contributed by atoms with van der Waals surface area (Å²) in [5, 5.41) is 21.9. The number of hydrogen-bond acceptors (Lipinski definition) is 3. The standard InChI is InChI=1S/C12H19NO2/c1-3-4-11(15)8-13-12-6-5-10(14)7-9(12)2/h5-7,11,13-15H,3-4,8H2,1-2H3. The minimum Gasteiger partial charge on any atom is -0.508 e. The van der Waals surface area contributed by atoms with Gasteiger partial charge in [0.25, 0.3) is 0 Å². The SMILES string of the molecule is CCCC(O)CNc1ccc(O)cc1C. The molecule has 3 nitrogen and oxygen atoms in total. The van der Waals surface area contributed by atoms with Gasteiger partial charge in [0.2, 0.25) is 0 Å². The molecule has 0 fully saturated rings. The van der Waals surface area contributed by atoms with Crippen LogP contribution in [-0.2, 0) is 0 Å². The predicted molar refractivity (Wildman–Crippen MR) is 62.2 cm³/mol. The molecule has 0 saturated heterocycles. The minimum absolute atomic E-state index is 0.271. The van der Waals surface area contributed by atoms with Crippen LogP contribution in [0, 0.1) is 6.92 Å². The number of aryl methyl sites for hydroxylation is 1. The van der Waals surface area contributed by atoms with Crippen LogP contribution in [0.5, 0.6) is 5.75 Å². The summed E-state index contributed by atoms with van der Waals surface area (Å²) >= 11 is 0. The first kappa shape index (κ1) is 11.9. The Labute approximate surface area is 90.8 Å². The van der Waals surface area contributed by atoms with Crippen molar-refractivity contribution in [2.24, 2.45) is 0 Å². The van der Waals surface area contributed by atoms with Crippen molar-refractivity contribution >= 4 is 5.69 Å². The fraction of sp³-hybridized carbons (Fsp3) is 0.500. The molecule has 0 radical (unpaired) electrons. The highest BCUT2D eigenvalue weighted by atomic mass is 16.3. The zero-order valence-corrected chi connectivity index (χ0v) is 9.33. The lowest BCUT2D eigenvalue weighted by Crippen LogP contribution is -2.19. The van der Waals surface area contributed by atoms with Crippen LogP contribution in [0.3, 0.4) is 0 Å². The third-order valence-corrected chi connectivity index (χ3v) is 2.36. The van der Waals surface area contributed by atoms with Crippen LogP contribution in [0.1, 0.15) is 25.3 Å². The van der Waals surface area contributed by atoms with E-state index in [1.54, 1.807) is 12.1 Å². The summed E-state index contributed by atoms with van der Waals surface area (Å²) in [5.41, 5.74) is 1.95. The van der Waals surface area contributed by atoms with E-state index in [2.05, 4.69) is 12.2 Å². The average Bonchev–Trinajstić information content (AvgIpc) is 2.17. The highest BCUT2D eigenvalue weighted by Gasteiger charge is 2.03. The predicted octanol–water partition coefficient (Wildman–Crippen LogP) is 2.27. The van der Waals surface area contributed by atoms with E-state index in [9.17, 15) is 10.2 Å². The smallest absolute Gasteiger partial charge is 0.115 e. The van der Waals surface area contributed by atoms with Gasteiger partial charge in [0.15, 0.2) is 0 Å². The van der Waals surface area contributed by atoms with E-state index < -0.39 is 0 Å². The van der Waals surface area contributed by atoms with Crippen LogP contribution in [0.4, 0.5) is 5.69 Å². The first-order chi connectivity index (χ1) is 7.13. The second kappa shape index (κ2) is 5.61. The van der Waals surface area contributed by atoms with E-state index in [1.807, 2.05) is 13.0 Å². The van der Waals surface area contributed by atoms with E-state index in [1.165, 1.54) is 0 Å². The molecular formula is C12H19NO2. The van der Waals surface area contributed by atoms with Crippen LogP contribution in [0.25, 0.3) is 0 Å². The number of aromatic hydroxyl groups is 1. The first-order valence-corrected chi connectivity index (χ1v) is 5.35. The topological polar surface area (TPSA) is 52.5 Å². The summed E-state index contributed by atoms with van der Waals surface area (Å²) in [4.78, 5) is 0. The number of phenolic OH excluding ortho intramolecular Hbond substituents is 1. The van der Waals surface area contributed by atoms with E-state index in [-0.39, 0.29) is 11.9 Å². The number of benzene rings is 1. The molecule has 3 heteroatoms. The van der Waals surface area contributed by atoms with Gasteiger partial charge in [-0.3, -0.25) is 0 Å². The Morgan fingerprint density at radius 1 is 1.40 bits per heavy atom. The fourth-order valence-electron chi connectivity index (χ4n) is 1.51. The lowest BCUT2D eigenvalue weighted by molar-refractivity contribution is 0.176. The third-order valence-electron chi connectivity index (χ3n) is 2.36. The van der Waals surface area contributed by atoms with Gasteiger partial charge in [-0.15, -0.1) is 0 Å². The van der Waals surface area contributed by atoms with E-state index >= 15 is 0 Å². The molecule has 0 saturated carbocycles. The Kier molecular flexibility index (Phi) is 4.43. The van der Waals surface area contributed by atoms with Gasteiger partial charge in [-0.2, -0.15) is 0 Å². The zero-order chi connectivity index (χ0) is 11.3. The molecule has 0 bridgehead atoms. The number of anilines is 1. The van der Waals surface area contributed by atoms with Gasteiger partial charge in [0, 0.05) is 12.2 Å². The molecule has 0 amide bonds. The van der Waals surface area contributed by atoms with Gasteiger partial charge < -0.3 is 15.5 Å². The molecule has 1 aromatic carbocycles. The number of hydrogen-bond donors (Lipinski definition) is 3. The van der Waals surface area contributed by atoms with Gasteiger partial charge in [0.05, 0.1) is 6.10 Å². The summed E-state index contributed by atoms with van der Waals surface area (Å²) in [6, 6.07) is 5.17. The summed E-state index contributed by atoms with van der Waals surface area (Å²) < 4.78 is 0. The first-order valence-electron chi connectivity index (χ1n) is 5.35. The molecule has 1 unspecified atom stereocenters. The quantitative estimate of drug-likeness (QED) is 0.652. The molecular weight excluding hydrogens is 190 g/mol. The molecule has 0 spiro atoms. The third kappa shape index (κ3) is 3.80. The number of aliphatic hydroxyl groups excluding tert-OH is 1. The van der Waals surface area contributed by atoms with Crippen LogP contribution in [-0.4, -0.2) is 22.9 Å². The van der Waals surface area contributed by atoms with Crippen molar-refractivity contribution in [3.63, 3.8) is 0 Å². The Morgan fingerprint density at radius 3 is 2.73 bits per heavy atom. The van der Waals surface area contributed by atoms with Gasteiger partial charge >= 0.3 is 0 Å². The highest BCUT2D eigenvalue weighted by molar-refractivity contribution is 5.53. The Hall–Kier alpha value is -1.22. The number of nitrogens with one attached hydrogen (secondary N) is 1. The summed E-state index contributed by atoms with van der Waals surface area (Å²) in [6.07, 6.45) is 1.49. The van der Waals surface area contributed by atoms with Crippen molar-refractivity contribution in [1.29, 1.82) is 0 Å². The Balaban J connectivity index is 2.50. The van der Waals surface area contributed by atoms with Crippen molar-refractivity contribution in [2.45, 2.75) is 32.8 Å². The van der Waals surface area contributed by atoms with Crippen LogP contribution in [0.15, 0.2) is 18.2 Å². The van der Waals surface area contributed by atoms with Crippen molar-refractivity contribution in [3.8, 4) is 5.75 Å². The number of rotatable bonds is 5.